The minimum absolute atomic E-state index is 0.118. The van der Waals surface area contributed by atoms with Crippen molar-refractivity contribution in [2.24, 2.45) is 0 Å². The number of nitrogens with one attached hydrogen (secondary N) is 1. The summed E-state index contributed by atoms with van der Waals surface area (Å²) in [6.45, 7) is 4.81. The molecule has 0 radical (unpaired) electrons. The fraction of sp³-hybridized carbons (Fsp3) is 0.474. The van der Waals surface area contributed by atoms with Crippen molar-refractivity contribution in [1.29, 1.82) is 0 Å². The third-order valence-corrected chi connectivity index (χ3v) is 4.24. The number of benzene rings is 1. The molecule has 140 valence electrons. The van der Waals surface area contributed by atoms with Crippen LogP contribution in [0.3, 0.4) is 0 Å². The predicted molar refractivity (Wildman–Crippen MR) is 95.6 cm³/mol. The molecule has 0 bridgehead atoms. The lowest BCUT2D eigenvalue weighted by atomic mass is 10.2. The van der Waals surface area contributed by atoms with Gasteiger partial charge in [0.05, 0.1) is 25.8 Å². The van der Waals surface area contributed by atoms with Crippen LogP contribution in [0.2, 0.25) is 0 Å². The lowest BCUT2D eigenvalue weighted by Crippen LogP contribution is -2.43. The van der Waals surface area contributed by atoms with E-state index in [0.29, 0.717) is 32.1 Å². The Balaban J connectivity index is 1.53. The molecule has 7 heteroatoms. The van der Waals surface area contributed by atoms with Crippen molar-refractivity contribution in [2.75, 3.05) is 26.9 Å². The molecule has 1 aliphatic rings. The standard InChI is InChI=1S/C19H25N3O4/c1-3-25-18-13-24-12-17(18)20-19(23)16-9-15(26-21-16)11-22(2)10-14-7-5-4-6-8-14/h4-9,17-18H,3,10-13H2,1-2H3,(H,20,23)/t17-,18-/m1/s1. The SMILES string of the molecule is CCO[C@@H]1COC[C@H]1NC(=O)c1cc(CN(C)Cc2ccccc2)on1. The Morgan fingerprint density at radius 1 is 1.31 bits per heavy atom. The summed E-state index contributed by atoms with van der Waals surface area (Å²) in [5.41, 5.74) is 1.49. The summed E-state index contributed by atoms with van der Waals surface area (Å²) >= 11 is 0. The number of rotatable bonds is 8. The first-order valence-corrected chi connectivity index (χ1v) is 8.84. The molecule has 26 heavy (non-hydrogen) atoms. The van der Waals surface area contributed by atoms with E-state index in [9.17, 15) is 4.79 Å². The molecule has 0 unspecified atom stereocenters. The van der Waals surface area contributed by atoms with Crippen molar-refractivity contribution in [2.45, 2.75) is 32.2 Å². The summed E-state index contributed by atoms with van der Waals surface area (Å²) in [5.74, 6) is 0.378. The van der Waals surface area contributed by atoms with Gasteiger partial charge in [0.15, 0.2) is 11.5 Å². The summed E-state index contributed by atoms with van der Waals surface area (Å²) in [6.07, 6.45) is -0.118. The smallest absolute Gasteiger partial charge is 0.273 e. The summed E-state index contributed by atoms with van der Waals surface area (Å²) in [5, 5.41) is 6.81. The molecule has 0 aliphatic carbocycles. The van der Waals surface area contributed by atoms with Crippen molar-refractivity contribution in [3.8, 4) is 0 Å². The number of aromatic nitrogens is 1. The molecule has 1 fully saturated rings. The van der Waals surface area contributed by atoms with Gasteiger partial charge in [0.2, 0.25) is 0 Å². The maximum atomic E-state index is 12.4. The maximum Gasteiger partial charge on any atom is 0.273 e. The molecule has 0 spiro atoms. The van der Waals surface area contributed by atoms with Gasteiger partial charge in [0.1, 0.15) is 6.10 Å². The van der Waals surface area contributed by atoms with Crippen LogP contribution in [0, 0.1) is 0 Å². The lowest BCUT2D eigenvalue weighted by Gasteiger charge is -2.18. The average Bonchev–Trinajstić information content (AvgIpc) is 3.26. The third-order valence-electron chi connectivity index (χ3n) is 4.24. The second kappa shape index (κ2) is 8.93. The van der Waals surface area contributed by atoms with Gasteiger partial charge in [0, 0.05) is 19.2 Å². The van der Waals surface area contributed by atoms with Crippen LogP contribution in [0.1, 0.15) is 28.7 Å². The number of nitrogens with zero attached hydrogens (tertiary/aromatic N) is 2. The first kappa shape index (κ1) is 18.6. The molecule has 1 amide bonds. The number of hydrogen-bond acceptors (Lipinski definition) is 6. The molecule has 2 aromatic rings. The van der Waals surface area contributed by atoms with Crippen LogP contribution >= 0.6 is 0 Å². The van der Waals surface area contributed by atoms with E-state index in [-0.39, 0.29) is 23.7 Å². The quantitative estimate of drug-likeness (QED) is 0.775. The van der Waals surface area contributed by atoms with E-state index in [1.54, 1.807) is 6.07 Å². The molecular weight excluding hydrogens is 334 g/mol. The van der Waals surface area contributed by atoms with Crippen LogP contribution < -0.4 is 5.32 Å². The van der Waals surface area contributed by atoms with Crippen LogP contribution in [-0.4, -0.2) is 55.0 Å². The minimum Gasteiger partial charge on any atom is -0.376 e. The summed E-state index contributed by atoms with van der Waals surface area (Å²) < 4.78 is 16.3. The lowest BCUT2D eigenvalue weighted by molar-refractivity contribution is 0.0401. The van der Waals surface area contributed by atoms with E-state index >= 15 is 0 Å². The van der Waals surface area contributed by atoms with Crippen LogP contribution in [0.15, 0.2) is 40.9 Å². The molecule has 3 rings (SSSR count). The van der Waals surface area contributed by atoms with Gasteiger partial charge in [-0.3, -0.25) is 9.69 Å². The molecule has 0 saturated carbocycles. The number of hydrogen-bond donors (Lipinski definition) is 1. The largest absolute Gasteiger partial charge is 0.376 e. The van der Waals surface area contributed by atoms with Gasteiger partial charge >= 0.3 is 0 Å². The minimum atomic E-state index is -0.272. The number of carbonyl (C=O) groups is 1. The van der Waals surface area contributed by atoms with E-state index < -0.39 is 0 Å². The van der Waals surface area contributed by atoms with E-state index in [1.807, 2.05) is 32.2 Å². The highest BCUT2D eigenvalue weighted by atomic mass is 16.5. The third kappa shape index (κ3) is 4.91. The molecule has 1 aromatic heterocycles. The van der Waals surface area contributed by atoms with Crippen molar-refractivity contribution >= 4 is 5.91 Å². The van der Waals surface area contributed by atoms with Gasteiger partial charge in [-0.1, -0.05) is 35.5 Å². The van der Waals surface area contributed by atoms with Gasteiger partial charge < -0.3 is 19.3 Å². The second-order valence-electron chi connectivity index (χ2n) is 6.45. The van der Waals surface area contributed by atoms with Crippen LogP contribution in [0.25, 0.3) is 0 Å². The molecular formula is C19H25N3O4. The highest BCUT2D eigenvalue weighted by molar-refractivity contribution is 5.92. The molecule has 1 N–H and O–H groups in total. The molecule has 2 atom stereocenters. The fourth-order valence-corrected chi connectivity index (χ4v) is 3.00. The number of carbonyl (C=O) groups excluding carboxylic acids is 1. The van der Waals surface area contributed by atoms with Gasteiger partial charge in [-0.05, 0) is 19.5 Å². The van der Waals surface area contributed by atoms with E-state index in [2.05, 4.69) is 27.5 Å². The second-order valence-corrected chi connectivity index (χ2v) is 6.45. The normalized spacial score (nSPS) is 19.8. The van der Waals surface area contributed by atoms with Crippen LogP contribution in [0.4, 0.5) is 0 Å². The van der Waals surface area contributed by atoms with Crippen molar-refractivity contribution in [1.82, 2.24) is 15.4 Å². The van der Waals surface area contributed by atoms with Crippen LogP contribution in [-0.2, 0) is 22.6 Å². The molecule has 2 heterocycles. The summed E-state index contributed by atoms with van der Waals surface area (Å²) in [6, 6.07) is 11.7. The van der Waals surface area contributed by atoms with Gasteiger partial charge in [-0.25, -0.2) is 0 Å². The average molecular weight is 359 g/mol. The Kier molecular flexibility index (Phi) is 6.38. The Hall–Kier alpha value is -2.22. The highest BCUT2D eigenvalue weighted by Gasteiger charge is 2.31. The van der Waals surface area contributed by atoms with Crippen molar-refractivity contribution < 1.29 is 18.8 Å². The van der Waals surface area contributed by atoms with Crippen molar-refractivity contribution in [3.63, 3.8) is 0 Å². The van der Waals surface area contributed by atoms with Gasteiger partial charge in [0.25, 0.3) is 5.91 Å². The first-order chi connectivity index (χ1) is 12.7. The zero-order valence-electron chi connectivity index (χ0n) is 15.2. The van der Waals surface area contributed by atoms with E-state index in [0.717, 1.165) is 6.54 Å². The molecule has 1 saturated heterocycles. The van der Waals surface area contributed by atoms with Crippen LogP contribution in [0.5, 0.6) is 0 Å². The highest BCUT2D eigenvalue weighted by Crippen LogP contribution is 2.13. The van der Waals surface area contributed by atoms with E-state index in [4.69, 9.17) is 14.0 Å². The van der Waals surface area contributed by atoms with Gasteiger partial charge in [-0.2, -0.15) is 0 Å². The predicted octanol–water partition coefficient (Wildman–Crippen LogP) is 1.84. The zero-order valence-corrected chi connectivity index (χ0v) is 15.2. The first-order valence-electron chi connectivity index (χ1n) is 8.84. The summed E-state index contributed by atoms with van der Waals surface area (Å²) in [7, 11) is 2.00. The molecule has 1 aliphatic heterocycles. The number of amides is 1. The topological polar surface area (TPSA) is 76.8 Å². The fourth-order valence-electron chi connectivity index (χ4n) is 3.00. The monoisotopic (exact) mass is 359 g/mol. The zero-order chi connectivity index (χ0) is 18.4. The van der Waals surface area contributed by atoms with Gasteiger partial charge in [-0.15, -0.1) is 0 Å². The van der Waals surface area contributed by atoms with Crippen molar-refractivity contribution in [3.05, 3.63) is 53.4 Å². The Labute approximate surface area is 153 Å². The maximum absolute atomic E-state index is 12.4. The van der Waals surface area contributed by atoms with E-state index in [1.165, 1.54) is 5.56 Å². The Bertz CT molecular complexity index is 704. The molecule has 1 aromatic carbocycles. The molecule has 7 nitrogen and oxygen atoms in total. The Morgan fingerprint density at radius 2 is 2.12 bits per heavy atom. The summed E-state index contributed by atoms with van der Waals surface area (Å²) in [4.78, 5) is 14.5. The Morgan fingerprint density at radius 3 is 2.88 bits per heavy atom. The number of ether oxygens (including phenoxy) is 2.